The molecule has 3 rings (SSSR count). The van der Waals surface area contributed by atoms with Crippen LogP contribution >= 0.6 is 15.9 Å². The van der Waals surface area contributed by atoms with Crippen LogP contribution in [0.5, 0.6) is 0 Å². The average Bonchev–Trinajstić information content (AvgIpc) is 2.75. The number of aromatic nitrogens is 3. The maximum atomic E-state index is 9.27. The second kappa shape index (κ2) is 4.78. The Kier molecular flexibility index (Phi) is 3.11. The van der Waals surface area contributed by atoms with Gasteiger partial charge in [-0.05, 0) is 24.1 Å². The van der Waals surface area contributed by atoms with Crippen molar-refractivity contribution in [3.63, 3.8) is 0 Å². The molecule has 3 unspecified atom stereocenters. The molecule has 0 radical (unpaired) electrons. The van der Waals surface area contributed by atoms with Gasteiger partial charge in [0.15, 0.2) is 0 Å². The van der Waals surface area contributed by atoms with Crippen molar-refractivity contribution < 1.29 is 0 Å². The monoisotopic (exact) mass is 316 g/mol. The van der Waals surface area contributed by atoms with Crippen LogP contribution in [-0.2, 0) is 7.05 Å². The Labute approximate surface area is 120 Å². The minimum Gasteiger partial charge on any atom is -0.320 e. The summed E-state index contributed by atoms with van der Waals surface area (Å²) in [5.74, 6) is 1.53. The van der Waals surface area contributed by atoms with E-state index in [2.05, 4.69) is 44.3 Å². The Morgan fingerprint density at radius 1 is 1.47 bits per heavy atom. The summed E-state index contributed by atoms with van der Waals surface area (Å²) in [5.41, 5.74) is 1.19. The molecule has 1 aromatic heterocycles. The maximum absolute atomic E-state index is 9.27. The summed E-state index contributed by atoms with van der Waals surface area (Å²) in [5, 5.41) is 17.4. The van der Waals surface area contributed by atoms with Crippen LogP contribution in [0.25, 0.3) is 0 Å². The summed E-state index contributed by atoms with van der Waals surface area (Å²) in [6.45, 7) is 0. The quantitative estimate of drug-likeness (QED) is 0.855. The lowest BCUT2D eigenvalue weighted by Crippen LogP contribution is -2.33. The van der Waals surface area contributed by atoms with Crippen molar-refractivity contribution in [1.82, 2.24) is 14.8 Å². The van der Waals surface area contributed by atoms with Gasteiger partial charge in [-0.1, -0.05) is 28.1 Å². The second-order valence-electron chi connectivity index (χ2n) is 4.96. The highest BCUT2D eigenvalue weighted by Crippen LogP contribution is 2.52. The van der Waals surface area contributed by atoms with E-state index in [-0.39, 0.29) is 17.8 Å². The van der Waals surface area contributed by atoms with Crippen molar-refractivity contribution >= 4 is 15.9 Å². The molecule has 0 amide bonds. The molecule has 0 spiro atoms. The average molecular weight is 317 g/mol. The SMILES string of the molecule is Cn1cnnc1C1CC(C#N)C1c1cccc(Br)c1. The molecule has 1 aromatic carbocycles. The number of aryl methyl sites for hydroxylation is 1. The number of hydrogen-bond acceptors (Lipinski definition) is 3. The van der Waals surface area contributed by atoms with Crippen LogP contribution in [0, 0.1) is 17.2 Å². The zero-order chi connectivity index (χ0) is 13.4. The molecule has 0 aliphatic heterocycles. The van der Waals surface area contributed by atoms with E-state index in [0.717, 1.165) is 16.7 Å². The van der Waals surface area contributed by atoms with Crippen LogP contribution in [-0.4, -0.2) is 14.8 Å². The third-order valence-electron chi connectivity index (χ3n) is 3.85. The Bertz CT molecular complexity index is 643. The van der Waals surface area contributed by atoms with Crippen LogP contribution in [0.2, 0.25) is 0 Å². The maximum Gasteiger partial charge on any atom is 0.136 e. The van der Waals surface area contributed by atoms with Crippen molar-refractivity contribution in [2.45, 2.75) is 18.3 Å². The summed E-state index contributed by atoms with van der Waals surface area (Å²) >= 11 is 3.49. The third-order valence-corrected chi connectivity index (χ3v) is 4.35. The highest BCUT2D eigenvalue weighted by molar-refractivity contribution is 9.10. The van der Waals surface area contributed by atoms with Crippen LogP contribution < -0.4 is 0 Å². The number of halogens is 1. The van der Waals surface area contributed by atoms with E-state index in [0.29, 0.717) is 0 Å². The highest BCUT2D eigenvalue weighted by atomic mass is 79.9. The van der Waals surface area contributed by atoms with Gasteiger partial charge < -0.3 is 4.57 Å². The van der Waals surface area contributed by atoms with Gasteiger partial charge in [-0.3, -0.25) is 0 Å². The van der Waals surface area contributed by atoms with E-state index in [1.807, 2.05) is 23.7 Å². The lowest BCUT2D eigenvalue weighted by atomic mass is 9.62. The zero-order valence-corrected chi connectivity index (χ0v) is 12.1. The fourth-order valence-corrected chi connectivity index (χ4v) is 3.27. The van der Waals surface area contributed by atoms with Gasteiger partial charge in [0.2, 0.25) is 0 Å². The van der Waals surface area contributed by atoms with Crippen molar-refractivity contribution in [2.24, 2.45) is 13.0 Å². The first-order valence-corrected chi connectivity index (χ1v) is 6.99. The van der Waals surface area contributed by atoms with Crippen molar-refractivity contribution in [3.05, 3.63) is 46.5 Å². The molecule has 1 heterocycles. The molecule has 96 valence electrons. The van der Waals surface area contributed by atoms with Gasteiger partial charge >= 0.3 is 0 Å². The first kappa shape index (κ1) is 12.4. The van der Waals surface area contributed by atoms with E-state index < -0.39 is 0 Å². The predicted molar refractivity (Wildman–Crippen MR) is 74.3 cm³/mol. The number of benzene rings is 1. The summed E-state index contributed by atoms with van der Waals surface area (Å²) in [6.07, 6.45) is 2.58. The molecule has 5 heteroatoms. The van der Waals surface area contributed by atoms with Crippen LogP contribution in [0.15, 0.2) is 35.1 Å². The fraction of sp³-hybridized carbons (Fsp3) is 0.357. The molecule has 2 aromatic rings. The van der Waals surface area contributed by atoms with Gasteiger partial charge in [0, 0.05) is 23.4 Å². The largest absolute Gasteiger partial charge is 0.320 e. The van der Waals surface area contributed by atoms with Gasteiger partial charge in [-0.25, -0.2) is 0 Å². The molecule has 0 bridgehead atoms. The topological polar surface area (TPSA) is 54.5 Å². The normalized spacial score (nSPS) is 25.6. The molecular formula is C14H13BrN4. The predicted octanol–water partition coefficient (Wildman–Crippen LogP) is 2.99. The van der Waals surface area contributed by atoms with E-state index in [1.54, 1.807) is 6.33 Å². The summed E-state index contributed by atoms with van der Waals surface area (Å²) < 4.78 is 2.99. The molecule has 1 saturated carbocycles. The van der Waals surface area contributed by atoms with E-state index in [1.165, 1.54) is 5.56 Å². The van der Waals surface area contributed by atoms with Crippen molar-refractivity contribution in [1.29, 1.82) is 5.26 Å². The molecule has 19 heavy (non-hydrogen) atoms. The van der Waals surface area contributed by atoms with E-state index >= 15 is 0 Å². The lowest BCUT2D eigenvalue weighted by Gasteiger charge is -2.40. The summed E-state index contributed by atoms with van der Waals surface area (Å²) in [7, 11) is 1.95. The minimum absolute atomic E-state index is 0.0657. The molecule has 1 fully saturated rings. The Hall–Kier alpha value is -1.67. The fourth-order valence-electron chi connectivity index (χ4n) is 2.86. The lowest BCUT2D eigenvalue weighted by molar-refractivity contribution is 0.251. The Morgan fingerprint density at radius 3 is 2.95 bits per heavy atom. The van der Waals surface area contributed by atoms with Crippen LogP contribution in [0.4, 0.5) is 0 Å². The minimum atomic E-state index is 0.0657. The van der Waals surface area contributed by atoms with Crippen molar-refractivity contribution in [3.8, 4) is 6.07 Å². The summed E-state index contributed by atoms with van der Waals surface area (Å²) in [6, 6.07) is 10.6. The van der Waals surface area contributed by atoms with Gasteiger partial charge in [-0.2, -0.15) is 5.26 Å². The molecule has 4 nitrogen and oxygen atoms in total. The third kappa shape index (κ3) is 2.06. The van der Waals surface area contributed by atoms with Gasteiger partial charge in [0.1, 0.15) is 12.2 Å². The molecule has 1 aliphatic carbocycles. The molecule has 0 saturated heterocycles. The van der Waals surface area contributed by atoms with E-state index in [9.17, 15) is 5.26 Å². The van der Waals surface area contributed by atoms with Crippen LogP contribution in [0.1, 0.15) is 29.6 Å². The summed E-state index contributed by atoms with van der Waals surface area (Å²) in [4.78, 5) is 0. The number of nitrogens with zero attached hydrogens (tertiary/aromatic N) is 4. The first-order valence-electron chi connectivity index (χ1n) is 6.19. The number of nitriles is 1. The number of hydrogen-bond donors (Lipinski definition) is 0. The van der Waals surface area contributed by atoms with E-state index in [4.69, 9.17) is 0 Å². The van der Waals surface area contributed by atoms with Gasteiger partial charge in [-0.15, -0.1) is 10.2 Å². The molecule has 3 atom stereocenters. The van der Waals surface area contributed by atoms with Gasteiger partial charge in [0.05, 0.1) is 12.0 Å². The standard InChI is InChI=1S/C14H13BrN4/c1-19-8-17-18-14(19)12-6-10(7-16)13(12)9-3-2-4-11(15)5-9/h2-5,8,10,12-13H,6H2,1H3. The van der Waals surface area contributed by atoms with Gasteiger partial charge in [0.25, 0.3) is 0 Å². The highest BCUT2D eigenvalue weighted by Gasteiger charge is 2.45. The molecule has 0 N–H and O–H groups in total. The van der Waals surface area contributed by atoms with Crippen molar-refractivity contribution in [2.75, 3.05) is 0 Å². The number of rotatable bonds is 2. The van der Waals surface area contributed by atoms with Crippen LogP contribution in [0.3, 0.4) is 0 Å². The Morgan fingerprint density at radius 2 is 2.32 bits per heavy atom. The molecular weight excluding hydrogens is 304 g/mol. The second-order valence-corrected chi connectivity index (χ2v) is 5.87. The molecule has 1 aliphatic rings. The smallest absolute Gasteiger partial charge is 0.136 e. The Balaban J connectivity index is 1.97. The first-order chi connectivity index (χ1) is 9.20. The zero-order valence-electron chi connectivity index (χ0n) is 10.5.